The number of carboxylic acids is 1. The molecule has 2 aromatic rings. The van der Waals surface area contributed by atoms with Crippen LogP contribution in [0.1, 0.15) is 15.9 Å². The molecule has 2 N–H and O–H groups in total. The molecule has 21 heavy (non-hydrogen) atoms. The molecule has 0 saturated heterocycles. The minimum absolute atomic E-state index is 0.0215. The second-order valence-electron chi connectivity index (χ2n) is 4.11. The molecule has 0 aromatic heterocycles. The van der Waals surface area contributed by atoms with Crippen LogP contribution in [0.4, 0.5) is 17.1 Å². The number of hydrogen-bond donors (Lipinski definition) is 2. The lowest BCUT2D eigenvalue weighted by Gasteiger charge is -2.07. The molecule has 0 aliphatic rings. The molecule has 0 amide bonds. The lowest BCUT2D eigenvalue weighted by molar-refractivity contribution is -0.385. The van der Waals surface area contributed by atoms with Crippen molar-refractivity contribution in [2.24, 2.45) is 0 Å². The van der Waals surface area contributed by atoms with Gasteiger partial charge in [0.15, 0.2) is 0 Å². The second kappa shape index (κ2) is 5.71. The van der Waals surface area contributed by atoms with Crippen molar-refractivity contribution in [2.45, 2.75) is 0 Å². The van der Waals surface area contributed by atoms with Crippen molar-refractivity contribution in [3.8, 4) is 6.07 Å². The number of carbonyl (C=O) groups is 1. The van der Waals surface area contributed by atoms with Crippen molar-refractivity contribution in [1.82, 2.24) is 0 Å². The molecule has 2 rings (SSSR count). The summed E-state index contributed by atoms with van der Waals surface area (Å²) in [6.45, 7) is 0. The standard InChI is InChI=1S/C14H9N3O4/c15-8-10-3-6-12(7-13(10)17(20)21)16-11-4-1-9(2-5-11)14(18)19/h1-7,16H,(H,18,19). The molecule has 2 aromatic carbocycles. The van der Waals surface area contributed by atoms with Gasteiger partial charge in [0.2, 0.25) is 0 Å². The zero-order valence-electron chi connectivity index (χ0n) is 10.6. The number of nitriles is 1. The van der Waals surface area contributed by atoms with Gasteiger partial charge in [0.25, 0.3) is 5.69 Å². The van der Waals surface area contributed by atoms with Crippen LogP contribution in [0.25, 0.3) is 0 Å². The number of aromatic carboxylic acids is 1. The summed E-state index contributed by atoms with van der Waals surface area (Å²) in [6.07, 6.45) is 0. The van der Waals surface area contributed by atoms with E-state index in [0.717, 1.165) is 0 Å². The molecule has 0 spiro atoms. The fourth-order valence-electron chi connectivity index (χ4n) is 1.72. The van der Waals surface area contributed by atoms with Gasteiger partial charge in [-0.1, -0.05) is 0 Å². The minimum Gasteiger partial charge on any atom is -0.478 e. The lowest BCUT2D eigenvalue weighted by Crippen LogP contribution is -1.98. The summed E-state index contributed by atoms with van der Waals surface area (Å²) in [7, 11) is 0. The summed E-state index contributed by atoms with van der Waals surface area (Å²) in [5, 5.41) is 31.4. The van der Waals surface area contributed by atoms with Crippen molar-refractivity contribution in [3.05, 3.63) is 63.7 Å². The Labute approximate surface area is 119 Å². The van der Waals surface area contributed by atoms with Crippen molar-refractivity contribution < 1.29 is 14.8 Å². The molecule has 0 atom stereocenters. The third-order valence-corrected chi connectivity index (χ3v) is 2.74. The van der Waals surface area contributed by atoms with E-state index in [4.69, 9.17) is 10.4 Å². The van der Waals surface area contributed by atoms with Crippen LogP contribution in [0, 0.1) is 21.4 Å². The Hall–Kier alpha value is -3.40. The van der Waals surface area contributed by atoms with Crippen LogP contribution >= 0.6 is 0 Å². The van der Waals surface area contributed by atoms with E-state index in [0.29, 0.717) is 11.4 Å². The second-order valence-corrected chi connectivity index (χ2v) is 4.11. The first-order valence-corrected chi connectivity index (χ1v) is 5.80. The number of benzene rings is 2. The maximum atomic E-state index is 10.9. The van der Waals surface area contributed by atoms with Crippen LogP contribution in [-0.4, -0.2) is 16.0 Å². The first-order chi connectivity index (χ1) is 10.0. The SMILES string of the molecule is N#Cc1ccc(Nc2ccc(C(=O)O)cc2)cc1[N+](=O)[O-]. The van der Waals surface area contributed by atoms with Crippen LogP contribution in [0.2, 0.25) is 0 Å². The highest BCUT2D eigenvalue weighted by atomic mass is 16.6. The maximum absolute atomic E-state index is 10.9. The van der Waals surface area contributed by atoms with Gasteiger partial charge in [0.1, 0.15) is 11.6 Å². The Bertz CT molecular complexity index is 748. The Morgan fingerprint density at radius 3 is 2.33 bits per heavy atom. The number of nitro benzene ring substituents is 1. The Kier molecular flexibility index (Phi) is 3.81. The number of carboxylic acid groups (broad SMARTS) is 1. The van der Waals surface area contributed by atoms with Gasteiger partial charge in [-0.15, -0.1) is 0 Å². The molecule has 0 aliphatic carbocycles. The highest BCUT2D eigenvalue weighted by Crippen LogP contribution is 2.25. The number of nitrogens with zero attached hydrogens (tertiary/aromatic N) is 2. The molecule has 7 nitrogen and oxygen atoms in total. The topological polar surface area (TPSA) is 116 Å². The Balaban J connectivity index is 2.27. The number of hydrogen-bond acceptors (Lipinski definition) is 5. The quantitative estimate of drug-likeness (QED) is 0.658. The zero-order chi connectivity index (χ0) is 15.4. The summed E-state index contributed by atoms with van der Waals surface area (Å²) < 4.78 is 0. The number of anilines is 2. The van der Waals surface area contributed by atoms with E-state index in [2.05, 4.69) is 5.32 Å². The molecule has 0 bridgehead atoms. The summed E-state index contributed by atoms with van der Waals surface area (Å²) in [4.78, 5) is 21.0. The van der Waals surface area contributed by atoms with Crippen LogP contribution < -0.4 is 5.32 Å². The summed E-state index contributed by atoms with van der Waals surface area (Å²) >= 11 is 0. The van der Waals surface area contributed by atoms with Gasteiger partial charge in [-0.2, -0.15) is 5.26 Å². The fraction of sp³-hybridized carbons (Fsp3) is 0. The van der Waals surface area contributed by atoms with E-state index in [9.17, 15) is 14.9 Å². The van der Waals surface area contributed by atoms with E-state index in [1.807, 2.05) is 0 Å². The largest absolute Gasteiger partial charge is 0.478 e. The van der Waals surface area contributed by atoms with Gasteiger partial charge in [-0.3, -0.25) is 10.1 Å². The fourth-order valence-corrected chi connectivity index (χ4v) is 1.72. The van der Waals surface area contributed by atoms with Gasteiger partial charge in [-0.25, -0.2) is 4.79 Å². The smallest absolute Gasteiger partial charge is 0.335 e. The average molecular weight is 283 g/mol. The van der Waals surface area contributed by atoms with Gasteiger partial charge < -0.3 is 10.4 Å². The molecule has 0 radical (unpaired) electrons. The molecule has 0 unspecified atom stereocenters. The van der Waals surface area contributed by atoms with Crippen LogP contribution in [-0.2, 0) is 0 Å². The van der Waals surface area contributed by atoms with Crippen LogP contribution in [0.5, 0.6) is 0 Å². The predicted octanol–water partition coefficient (Wildman–Crippen LogP) is 2.91. The third kappa shape index (κ3) is 3.13. The first-order valence-electron chi connectivity index (χ1n) is 5.80. The van der Waals surface area contributed by atoms with Crippen molar-refractivity contribution in [3.63, 3.8) is 0 Å². The number of nitrogens with one attached hydrogen (secondary N) is 1. The normalized spacial score (nSPS) is 9.67. The highest BCUT2D eigenvalue weighted by Gasteiger charge is 2.14. The number of rotatable bonds is 4. The molecule has 104 valence electrons. The first kappa shape index (κ1) is 14.0. The Morgan fingerprint density at radius 2 is 1.81 bits per heavy atom. The minimum atomic E-state index is -1.03. The van der Waals surface area contributed by atoms with E-state index in [1.54, 1.807) is 18.2 Å². The molecule has 0 fully saturated rings. The molecule has 7 heteroatoms. The highest BCUT2D eigenvalue weighted by molar-refractivity contribution is 5.88. The van der Waals surface area contributed by atoms with E-state index in [-0.39, 0.29) is 16.8 Å². The van der Waals surface area contributed by atoms with E-state index < -0.39 is 10.9 Å². The monoisotopic (exact) mass is 283 g/mol. The molecular weight excluding hydrogens is 274 g/mol. The van der Waals surface area contributed by atoms with E-state index in [1.165, 1.54) is 30.3 Å². The summed E-state index contributed by atoms with van der Waals surface area (Å²) in [5.41, 5.74) is 0.852. The van der Waals surface area contributed by atoms with Gasteiger partial charge in [-0.05, 0) is 36.4 Å². The predicted molar refractivity (Wildman–Crippen MR) is 74.5 cm³/mol. The number of nitro groups is 1. The van der Waals surface area contributed by atoms with Crippen molar-refractivity contribution in [1.29, 1.82) is 5.26 Å². The maximum Gasteiger partial charge on any atom is 0.335 e. The molecule has 0 aliphatic heterocycles. The average Bonchev–Trinajstić information content (AvgIpc) is 2.47. The third-order valence-electron chi connectivity index (χ3n) is 2.74. The zero-order valence-corrected chi connectivity index (χ0v) is 10.6. The van der Waals surface area contributed by atoms with Crippen LogP contribution in [0.3, 0.4) is 0 Å². The van der Waals surface area contributed by atoms with Crippen LogP contribution in [0.15, 0.2) is 42.5 Å². The van der Waals surface area contributed by atoms with E-state index >= 15 is 0 Å². The summed E-state index contributed by atoms with van der Waals surface area (Å²) in [6, 6.07) is 11.8. The van der Waals surface area contributed by atoms with Gasteiger partial charge >= 0.3 is 5.97 Å². The molecular formula is C14H9N3O4. The lowest BCUT2D eigenvalue weighted by atomic mass is 10.1. The van der Waals surface area contributed by atoms with Crippen molar-refractivity contribution >= 4 is 23.0 Å². The Morgan fingerprint density at radius 1 is 1.19 bits per heavy atom. The molecule has 0 heterocycles. The molecule has 0 saturated carbocycles. The summed E-state index contributed by atoms with van der Waals surface area (Å²) in [5.74, 6) is -1.03. The van der Waals surface area contributed by atoms with Gasteiger partial charge in [0.05, 0.1) is 10.5 Å². The van der Waals surface area contributed by atoms with Crippen molar-refractivity contribution in [2.75, 3.05) is 5.32 Å². The van der Waals surface area contributed by atoms with Gasteiger partial charge in [0, 0.05) is 17.4 Å².